The van der Waals surface area contributed by atoms with Gasteiger partial charge in [0, 0.05) is 29.7 Å². The van der Waals surface area contributed by atoms with Crippen molar-refractivity contribution in [3.63, 3.8) is 0 Å². The minimum absolute atomic E-state index is 0.114. The molecule has 1 aromatic carbocycles. The van der Waals surface area contributed by atoms with Crippen molar-refractivity contribution in [1.82, 2.24) is 0 Å². The molecule has 1 saturated heterocycles. The third-order valence-electron chi connectivity index (χ3n) is 3.36. The fourth-order valence-electron chi connectivity index (χ4n) is 2.23. The van der Waals surface area contributed by atoms with Crippen molar-refractivity contribution < 1.29 is 9.53 Å². The van der Waals surface area contributed by atoms with Crippen LogP contribution in [0.15, 0.2) is 12.1 Å². The summed E-state index contributed by atoms with van der Waals surface area (Å²) in [5, 5.41) is 0.728. The van der Waals surface area contributed by atoms with Crippen molar-refractivity contribution in [2.24, 2.45) is 5.92 Å². The number of hydrogen-bond acceptors (Lipinski definition) is 2. The molecule has 0 unspecified atom stereocenters. The van der Waals surface area contributed by atoms with Crippen molar-refractivity contribution >= 4 is 17.4 Å². The summed E-state index contributed by atoms with van der Waals surface area (Å²) < 4.78 is 5.29. The Balaban J connectivity index is 2.26. The predicted octanol–water partition coefficient (Wildman–Crippen LogP) is 3.57. The van der Waals surface area contributed by atoms with Crippen LogP contribution in [0.3, 0.4) is 0 Å². The van der Waals surface area contributed by atoms with Crippen LogP contribution in [0.5, 0.6) is 0 Å². The highest BCUT2D eigenvalue weighted by Gasteiger charge is 2.24. The van der Waals surface area contributed by atoms with Gasteiger partial charge in [-0.15, -0.1) is 0 Å². The highest BCUT2D eigenvalue weighted by molar-refractivity contribution is 6.31. The lowest BCUT2D eigenvalue weighted by atomic mass is 9.88. The lowest BCUT2D eigenvalue weighted by Gasteiger charge is -2.21. The largest absolute Gasteiger partial charge is 0.381 e. The SMILES string of the molecule is Cc1cc(C(=O)C2CCOCC2)c(C)cc1Cl. The molecule has 0 N–H and O–H groups in total. The monoisotopic (exact) mass is 252 g/mol. The molecule has 1 heterocycles. The molecule has 1 aliphatic rings. The van der Waals surface area contributed by atoms with Gasteiger partial charge in [-0.1, -0.05) is 11.6 Å². The first-order valence-corrected chi connectivity index (χ1v) is 6.36. The van der Waals surface area contributed by atoms with E-state index in [0.717, 1.165) is 34.6 Å². The molecule has 0 aromatic heterocycles. The molecule has 0 amide bonds. The minimum atomic E-state index is 0.114. The molecule has 0 saturated carbocycles. The van der Waals surface area contributed by atoms with Crippen molar-refractivity contribution in [2.45, 2.75) is 26.7 Å². The van der Waals surface area contributed by atoms with Gasteiger partial charge in [-0.2, -0.15) is 0 Å². The van der Waals surface area contributed by atoms with Crippen LogP contribution in [-0.2, 0) is 4.74 Å². The lowest BCUT2D eigenvalue weighted by molar-refractivity contribution is 0.0544. The van der Waals surface area contributed by atoms with Crippen LogP contribution in [0.1, 0.15) is 34.3 Å². The number of ketones is 1. The standard InChI is InChI=1S/C14H17ClO2/c1-9-8-13(15)10(2)7-12(9)14(16)11-3-5-17-6-4-11/h7-8,11H,3-6H2,1-2H3. The zero-order chi connectivity index (χ0) is 12.4. The normalized spacial score (nSPS) is 17.1. The molecule has 0 spiro atoms. The average Bonchev–Trinajstić information content (AvgIpc) is 2.34. The van der Waals surface area contributed by atoms with E-state index in [1.807, 2.05) is 26.0 Å². The van der Waals surface area contributed by atoms with E-state index in [1.165, 1.54) is 0 Å². The second-order valence-electron chi connectivity index (χ2n) is 4.67. The summed E-state index contributed by atoms with van der Waals surface area (Å²) in [6.45, 7) is 5.27. The van der Waals surface area contributed by atoms with Gasteiger partial charge in [0.05, 0.1) is 0 Å². The molecule has 2 rings (SSSR count). The van der Waals surface area contributed by atoms with E-state index in [9.17, 15) is 4.79 Å². The maximum atomic E-state index is 12.4. The molecule has 0 radical (unpaired) electrons. The van der Waals surface area contributed by atoms with E-state index in [0.29, 0.717) is 13.2 Å². The van der Waals surface area contributed by atoms with E-state index in [-0.39, 0.29) is 11.7 Å². The maximum absolute atomic E-state index is 12.4. The van der Waals surface area contributed by atoms with Crippen LogP contribution in [0.25, 0.3) is 0 Å². The maximum Gasteiger partial charge on any atom is 0.166 e. The predicted molar refractivity (Wildman–Crippen MR) is 68.8 cm³/mol. The number of carbonyl (C=O) groups is 1. The first kappa shape index (κ1) is 12.6. The van der Waals surface area contributed by atoms with Gasteiger partial charge in [-0.25, -0.2) is 0 Å². The molecule has 0 bridgehead atoms. The van der Waals surface area contributed by atoms with E-state index >= 15 is 0 Å². The number of aryl methyl sites for hydroxylation is 2. The Bertz CT molecular complexity index is 434. The Kier molecular flexibility index (Phi) is 3.85. The number of ether oxygens (including phenoxy) is 1. The Morgan fingerprint density at radius 1 is 1.24 bits per heavy atom. The number of halogens is 1. The summed E-state index contributed by atoms with van der Waals surface area (Å²) in [4.78, 5) is 12.4. The molecule has 1 aromatic rings. The summed E-state index contributed by atoms with van der Waals surface area (Å²) in [6.07, 6.45) is 1.67. The van der Waals surface area contributed by atoms with Gasteiger partial charge in [-0.3, -0.25) is 4.79 Å². The minimum Gasteiger partial charge on any atom is -0.381 e. The summed E-state index contributed by atoms with van der Waals surface area (Å²) >= 11 is 6.05. The van der Waals surface area contributed by atoms with E-state index in [2.05, 4.69) is 0 Å². The molecule has 0 aliphatic carbocycles. The first-order chi connectivity index (χ1) is 8.09. The van der Waals surface area contributed by atoms with Crippen molar-refractivity contribution in [3.05, 3.63) is 33.8 Å². The molecule has 1 aliphatic heterocycles. The van der Waals surface area contributed by atoms with Gasteiger partial charge >= 0.3 is 0 Å². The van der Waals surface area contributed by atoms with Crippen LogP contribution < -0.4 is 0 Å². The van der Waals surface area contributed by atoms with Gasteiger partial charge in [0.1, 0.15) is 0 Å². The van der Waals surface area contributed by atoms with E-state index in [1.54, 1.807) is 0 Å². The summed E-state index contributed by atoms with van der Waals surface area (Å²) in [7, 11) is 0. The third kappa shape index (κ3) is 2.70. The number of carbonyl (C=O) groups excluding carboxylic acids is 1. The summed E-state index contributed by atoms with van der Waals surface area (Å²) in [6, 6.07) is 3.79. The molecule has 17 heavy (non-hydrogen) atoms. The highest BCUT2D eigenvalue weighted by Crippen LogP contribution is 2.26. The van der Waals surface area contributed by atoms with Gasteiger partial charge in [0.2, 0.25) is 0 Å². The van der Waals surface area contributed by atoms with Gasteiger partial charge in [-0.05, 0) is 49.9 Å². The number of benzene rings is 1. The van der Waals surface area contributed by atoms with E-state index < -0.39 is 0 Å². The number of hydrogen-bond donors (Lipinski definition) is 0. The van der Waals surface area contributed by atoms with Crippen molar-refractivity contribution in [2.75, 3.05) is 13.2 Å². The van der Waals surface area contributed by atoms with Crippen LogP contribution in [0, 0.1) is 19.8 Å². The van der Waals surface area contributed by atoms with Gasteiger partial charge in [0.25, 0.3) is 0 Å². The zero-order valence-corrected chi connectivity index (χ0v) is 11.0. The molecular formula is C14H17ClO2. The number of Topliss-reactive ketones (excluding diaryl/α,β-unsaturated/α-hetero) is 1. The summed E-state index contributed by atoms with van der Waals surface area (Å²) in [5.74, 6) is 0.355. The molecular weight excluding hydrogens is 236 g/mol. The highest BCUT2D eigenvalue weighted by atomic mass is 35.5. The number of rotatable bonds is 2. The van der Waals surface area contributed by atoms with Crippen LogP contribution in [-0.4, -0.2) is 19.0 Å². The summed E-state index contributed by atoms with van der Waals surface area (Å²) in [5.41, 5.74) is 2.75. The Hall–Kier alpha value is -0.860. The molecule has 92 valence electrons. The average molecular weight is 253 g/mol. The van der Waals surface area contributed by atoms with Crippen molar-refractivity contribution in [3.8, 4) is 0 Å². The second-order valence-corrected chi connectivity index (χ2v) is 5.07. The molecule has 1 fully saturated rings. The lowest BCUT2D eigenvalue weighted by Crippen LogP contribution is -2.24. The van der Waals surface area contributed by atoms with Gasteiger partial charge < -0.3 is 4.74 Å². The molecule has 2 nitrogen and oxygen atoms in total. The van der Waals surface area contributed by atoms with Crippen LogP contribution >= 0.6 is 11.6 Å². The van der Waals surface area contributed by atoms with Gasteiger partial charge in [0.15, 0.2) is 5.78 Å². The zero-order valence-electron chi connectivity index (χ0n) is 10.3. The fourth-order valence-corrected chi connectivity index (χ4v) is 2.44. The quantitative estimate of drug-likeness (QED) is 0.753. The Morgan fingerprint density at radius 3 is 2.53 bits per heavy atom. The topological polar surface area (TPSA) is 26.3 Å². The fraction of sp³-hybridized carbons (Fsp3) is 0.500. The Labute approximate surface area is 107 Å². The smallest absolute Gasteiger partial charge is 0.166 e. The third-order valence-corrected chi connectivity index (χ3v) is 3.77. The van der Waals surface area contributed by atoms with Crippen LogP contribution in [0.2, 0.25) is 5.02 Å². The van der Waals surface area contributed by atoms with Crippen LogP contribution in [0.4, 0.5) is 0 Å². The molecule has 3 heteroatoms. The first-order valence-electron chi connectivity index (χ1n) is 5.98. The van der Waals surface area contributed by atoms with E-state index in [4.69, 9.17) is 16.3 Å². The van der Waals surface area contributed by atoms with Crippen molar-refractivity contribution in [1.29, 1.82) is 0 Å². The second kappa shape index (κ2) is 5.19. The molecule has 0 atom stereocenters. The Morgan fingerprint density at radius 2 is 1.88 bits per heavy atom.